The van der Waals surface area contributed by atoms with Gasteiger partial charge in [0.25, 0.3) is 0 Å². The molecular formula is C11H20FNO2. The summed E-state index contributed by atoms with van der Waals surface area (Å²) in [4.78, 5) is 11.2. The number of nitrogens with one attached hydrogen (secondary N) is 1. The third kappa shape index (κ3) is 7.97. The summed E-state index contributed by atoms with van der Waals surface area (Å²) >= 11 is 0. The molecule has 0 aromatic carbocycles. The molecule has 0 aromatic heterocycles. The Balaban J connectivity index is 3.80. The van der Waals surface area contributed by atoms with E-state index in [2.05, 4.69) is 5.32 Å². The minimum atomic E-state index is -0.495. The molecule has 3 nitrogen and oxygen atoms in total. The fourth-order valence-corrected chi connectivity index (χ4v) is 0.838. The van der Waals surface area contributed by atoms with Gasteiger partial charge < -0.3 is 10.1 Å². The van der Waals surface area contributed by atoms with Gasteiger partial charge in [-0.3, -0.25) is 0 Å². The molecular weight excluding hydrogens is 197 g/mol. The number of ether oxygens (including phenoxy) is 1. The van der Waals surface area contributed by atoms with Crippen molar-refractivity contribution in [1.29, 1.82) is 0 Å². The molecule has 88 valence electrons. The summed E-state index contributed by atoms with van der Waals surface area (Å²) < 4.78 is 17.6. The van der Waals surface area contributed by atoms with Crippen LogP contribution >= 0.6 is 0 Å². The molecule has 0 aromatic rings. The van der Waals surface area contributed by atoms with Gasteiger partial charge in [0.2, 0.25) is 0 Å². The predicted octanol–water partition coefficient (Wildman–Crippen LogP) is 3.16. The highest BCUT2D eigenvalue weighted by atomic mass is 19.1. The average Bonchev–Trinajstić information content (AvgIpc) is 2.00. The highest BCUT2D eigenvalue weighted by Gasteiger charge is 2.15. The zero-order chi connectivity index (χ0) is 12.1. The molecule has 0 aliphatic rings. The Morgan fingerprint density at radius 3 is 2.27 bits per heavy atom. The average molecular weight is 217 g/mol. The minimum absolute atomic E-state index is 0.194. The van der Waals surface area contributed by atoms with Crippen molar-refractivity contribution < 1.29 is 13.9 Å². The van der Waals surface area contributed by atoms with Crippen LogP contribution < -0.4 is 5.32 Å². The van der Waals surface area contributed by atoms with Crippen LogP contribution in [0.25, 0.3) is 0 Å². The molecule has 0 heterocycles. The Morgan fingerprint density at radius 2 is 1.87 bits per heavy atom. The Hall–Kier alpha value is -1.06. The Kier molecular flexibility index (Phi) is 5.33. The van der Waals surface area contributed by atoms with Crippen molar-refractivity contribution in [2.24, 2.45) is 0 Å². The number of amides is 1. The molecule has 1 N–H and O–H groups in total. The van der Waals surface area contributed by atoms with Gasteiger partial charge in [-0.2, -0.15) is 0 Å². The van der Waals surface area contributed by atoms with Crippen LogP contribution in [0.4, 0.5) is 9.18 Å². The first-order valence-corrected chi connectivity index (χ1v) is 5.01. The Morgan fingerprint density at radius 1 is 1.33 bits per heavy atom. The van der Waals surface area contributed by atoms with Crippen LogP contribution in [0.2, 0.25) is 0 Å². The molecule has 0 atom stereocenters. The second-order valence-corrected chi connectivity index (χ2v) is 4.49. The van der Waals surface area contributed by atoms with Gasteiger partial charge in [-0.05, 0) is 46.6 Å². The summed E-state index contributed by atoms with van der Waals surface area (Å²) in [5.74, 6) is -0.194. The van der Waals surface area contributed by atoms with Crippen LogP contribution in [0.5, 0.6) is 0 Å². The molecule has 0 aliphatic heterocycles. The van der Waals surface area contributed by atoms with E-state index in [4.69, 9.17) is 4.74 Å². The standard InChI is InChI=1S/C11H20FNO2/c1-8(9(2)12)6-7-13-10(14)15-11(3,4)5/h6-7H2,1-5H3,(H,13,14)/b9-8-. The maximum atomic E-state index is 12.6. The number of rotatable bonds is 3. The number of alkyl carbamates (subject to hydrolysis) is 1. The van der Waals surface area contributed by atoms with Crippen molar-refractivity contribution in [2.75, 3.05) is 6.54 Å². The van der Waals surface area contributed by atoms with Gasteiger partial charge in [-0.1, -0.05) is 0 Å². The third-order valence-corrected chi connectivity index (χ3v) is 1.76. The van der Waals surface area contributed by atoms with E-state index in [-0.39, 0.29) is 5.83 Å². The van der Waals surface area contributed by atoms with Gasteiger partial charge in [0.15, 0.2) is 0 Å². The van der Waals surface area contributed by atoms with E-state index in [0.717, 1.165) is 0 Å². The molecule has 4 heteroatoms. The molecule has 0 rings (SSSR count). The van der Waals surface area contributed by atoms with E-state index in [1.807, 2.05) is 0 Å². The SMILES string of the molecule is C/C(F)=C(\C)CCNC(=O)OC(C)(C)C. The third-order valence-electron chi connectivity index (χ3n) is 1.76. The first-order valence-electron chi connectivity index (χ1n) is 5.01. The fourth-order valence-electron chi connectivity index (χ4n) is 0.838. The molecule has 0 fully saturated rings. The van der Waals surface area contributed by atoms with Crippen LogP contribution in [0, 0.1) is 0 Å². The molecule has 0 unspecified atom stereocenters. The van der Waals surface area contributed by atoms with Crippen molar-refractivity contribution in [1.82, 2.24) is 5.32 Å². The number of carbonyl (C=O) groups excluding carboxylic acids is 1. The molecule has 0 aliphatic carbocycles. The summed E-state index contributed by atoms with van der Waals surface area (Å²) in [6.07, 6.45) is 0.0356. The van der Waals surface area contributed by atoms with Crippen LogP contribution in [-0.4, -0.2) is 18.2 Å². The largest absolute Gasteiger partial charge is 0.444 e. The molecule has 0 bridgehead atoms. The smallest absolute Gasteiger partial charge is 0.407 e. The van der Waals surface area contributed by atoms with Gasteiger partial charge in [0.1, 0.15) is 5.60 Å². The van der Waals surface area contributed by atoms with Crippen LogP contribution in [0.1, 0.15) is 41.0 Å². The molecule has 15 heavy (non-hydrogen) atoms. The summed E-state index contributed by atoms with van der Waals surface area (Å²) in [6, 6.07) is 0. The van der Waals surface area contributed by atoms with Crippen molar-refractivity contribution in [2.45, 2.75) is 46.6 Å². The van der Waals surface area contributed by atoms with E-state index < -0.39 is 11.7 Å². The number of hydrogen-bond acceptors (Lipinski definition) is 2. The van der Waals surface area contributed by atoms with Crippen molar-refractivity contribution in [3.63, 3.8) is 0 Å². The lowest BCUT2D eigenvalue weighted by Gasteiger charge is -2.19. The van der Waals surface area contributed by atoms with Crippen molar-refractivity contribution >= 4 is 6.09 Å². The second kappa shape index (κ2) is 5.73. The monoisotopic (exact) mass is 217 g/mol. The summed E-state index contributed by atoms with van der Waals surface area (Å²) in [6.45, 7) is 8.88. The summed E-state index contributed by atoms with van der Waals surface area (Å²) in [7, 11) is 0. The topological polar surface area (TPSA) is 38.3 Å². The maximum Gasteiger partial charge on any atom is 0.407 e. The first kappa shape index (κ1) is 13.9. The lowest BCUT2D eigenvalue weighted by molar-refractivity contribution is 0.0528. The van der Waals surface area contributed by atoms with E-state index in [0.29, 0.717) is 18.5 Å². The molecule has 0 radical (unpaired) electrons. The van der Waals surface area contributed by atoms with Crippen LogP contribution in [0.3, 0.4) is 0 Å². The molecule has 0 saturated carbocycles. The maximum absolute atomic E-state index is 12.6. The normalized spacial score (nSPS) is 13.2. The number of carbonyl (C=O) groups is 1. The van der Waals surface area contributed by atoms with Gasteiger partial charge in [0.05, 0.1) is 5.83 Å². The quantitative estimate of drug-likeness (QED) is 0.788. The van der Waals surface area contributed by atoms with Crippen molar-refractivity contribution in [3.05, 3.63) is 11.4 Å². The summed E-state index contributed by atoms with van der Waals surface area (Å²) in [5.41, 5.74) is 0.149. The second-order valence-electron chi connectivity index (χ2n) is 4.49. The van der Waals surface area contributed by atoms with Crippen molar-refractivity contribution in [3.8, 4) is 0 Å². The fraction of sp³-hybridized carbons (Fsp3) is 0.727. The Labute approximate surface area is 90.7 Å². The van der Waals surface area contributed by atoms with E-state index >= 15 is 0 Å². The number of hydrogen-bond donors (Lipinski definition) is 1. The predicted molar refractivity (Wildman–Crippen MR) is 58.3 cm³/mol. The van der Waals surface area contributed by atoms with Crippen LogP contribution in [-0.2, 0) is 4.74 Å². The summed E-state index contributed by atoms with van der Waals surface area (Å²) in [5, 5.41) is 2.56. The first-order chi connectivity index (χ1) is 6.72. The van der Waals surface area contributed by atoms with E-state index in [1.54, 1.807) is 27.7 Å². The molecule has 1 amide bonds. The lowest BCUT2D eigenvalue weighted by Crippen LogP contribution is -2.33. The van der Waals surface area contributed by atoms with E-state index in [1.165, 1.54) is 6.92 Å². The number of halogens is 1. The molecule has 0 spiro atoms. The number of allylic oxidation sites excluding steroid dienone is 1. The Bertz CT molecular complexity index is 250. The van der Waals surface area contributed by atoms with E-state index in [9.17, 15) is 9.18 Å². The zero-order valence-electron chi connectivity index (χ0n) is 10.1. The highest BCUT2D eigenvalue weighted by molar-refractivity contribution is 5.67. The van der Waals surface area contributed by atoms with Crippen LogP contribution in [0.15, 0.2) is 11.4 Å². The minimum Gasteiger partial charge on any atom is -0.444 e. The van der Waals surface area contributed by atoms with Gasteiger partial charge in [-0.15, -0.1) is 0 Å². The van der Waals surface area contributed by atoms with Gasteiger partial charge >= 0.3 is 6.09 Å². The zero-order valence-corrected chi connectivity index (χ0v) is 10.1. The molecule has 0 saturated heterocycles. The lowest BCUT2D eigenvalue weighted by atomic mass is 10.2. The highest BCUT2D eigenvalue weighted by Crippen LogP contribution is 2.08. The van der Waals surface area contributed by atoms with Gasteiger partial charge in [-0.25, -0.2) is 9.18 Å². The van der Waals surface area contributed by atoms with Gasteiger partial charge in [0, 0.05) is 6.54 Å².